The Balaban J connectivity index is 0.00000372. The van der Waals surface area contributed by atoms with E-state index in [1.807, 2.05) is 0 Å². The number of allylic oxidation sites excluding steroid dienone is 2. The van der Waals surface area contributed by atoms with E-state index >= 15 is 0 Å². The molecule has 0 bridgehead atoms. The predicted molar refractivity (Wildman–Crippen MR) is 197 cm³/mol. The first-order valence-electron chi connectivity index (χ1n) is 18.2. The summed E-state index contributed by atoms with van der Waals surface area (Å²) < 4.78 is 1.53. The molecule has 0 aromatic heterocycles. The van der Waals surface area contributed by atoms with Crippen LogP contribution in [-0.4, -0.2) is 4.70 Å². The number of benzene rings is 2. The maximum atomic E-state index is 11.8. The van der Waals surface area contributed by atoms with Crippen LogP contribution in [0.3, 0.4) is 0 Å². The monoisotopic (exact) mass is 704 g/mol. The van der Waals surface area contributed by atoms with Gasteiger partial charge in [-0.15, -0.1) is 0 Å². The van der Waals surface area contributed by atoms with Gasteiger partial charge >= 0.3 is 20.4 Å². The Morgan fingerprint density at radius 3 is 1.42 bits per heavy atom. The summed E-state index contributed by atoms with van der Waals surface area (Å²) in [6, 6.07) is 14.0. The molecule has 0 amide bonds. The molecule has 0 unspecified atom stereocenters. The van der Waals surface area contributed by atoms with Gasteiger partial charge in [-0.1, -0.05) is 105 Å². The molecule has 0 spiro atoms. The van der Waals surface area contributed by atoms with Gasteiger partial charge in [0.25, 0.3) is 0 Å². The Labute approximate surface area is 293 Å². The minimum absolute atomic E-state index is 0. The summed E-state index contributed by atoms with van der Waals surface area (Å²) >= 11 is 0. The molecule has 0 N–H and O–H groups in total. The van der Waals surface area contributed by atoms with Crippen LogP contribution < -0.4 is 0 Å². The van der Waals surface area contributed by atoms with Gasteiger partial charge in [0.1, 0.15) is 0 Å². The second-order valence-electron chi connectivity index (χ2n) is 11.9. The standard InChI is InChI=1S/C38H56N2.2C2H5.Pd/c1-6-11-14-15-16-19-22-34-29-37(35-25-30(9-4)23-32(27-35)20-17-12-7-2)40(39)38(34)36-26-31(10-5)24-33(28-36)21-18-13-8-3;2*1-2;/h23-29H,6-22H2,1-5H3;2*1H2,2H3;/q;2*-1;+2. The number of aryl methyl sites for hydroxylation is 4. The van der Waals surface area contributed by atoms with Crippen molar-refractivity contribution in [3.8, 4) is 0 Å². The third-order valence-electron chi connectivity index (χ3n) is 8.48. The van der Waals surface area contributed by atoms with Gasteiger partial charge in [0.15, 0.2) is 0 Å². The number of unbranched alkanes of at least 4 members (excludes halogenated alkanes) is 9. The van der Waals surface area contributed by atoms with Crippen LogP contribution in [0.4, 0.5) is 0 Å². The molecule has 45 heavy (non-hydrogen) atoms. The molecule has 3 rings (SSSR count). The van der Waals surface area contributed by atoms with Crippen LogP contribution >= 0.6 is 0 Å². The van der Waals surface area contributed by atoms with Crippen LogP contribution in [0.5, 0.6) is 0 Å². The zero-order valence-electron chi connectivity index (χ0n) is 30.2. The Bertz CT molecular complexity index is 1160. The zero-order valence-corrected chi connectivity index (χ0v) is 31.7. The van der Waals surface area contributed by atoms with Gasteiger partial charge in [0.2, 0.25) is 11.4 Å². The summed E-state index contributed by atoms with van der Waals surface area (Å²) in [5.74, 6) is 0. The van der Waals surface area contributed by atoms with Crippen molar-refractivity contribution in [3.63, 3.8) is 0 Å². The molecule has 0 saturated heterocycles. The van der Waals surface area contributed by atoms with E-state index in [-0.39, 0.29) is 20.4 Å². The van der Waals surface area contributed by atoms with Gasteiger partial charge in [-0.2, -0.15) is 13.8 Å². The van der Waals surface area contributed by atoms with Crippen molar-refractivity contribution in [2.24, 2.45) is 0 Å². The zero-order chi connectivity index (χ0) is 32.7. The van der Waals surface area contributed by atoms with E-state index in [1.165, 1.54) is 115 Å². The third-order valence-corrected chi connectivity index (χ3v) is 8.48. The fourth-order valence-corrected chi connectivity index (χ4v) is 6.02. The van der Waals surface area contributed by atoms with Crippen molar-refractivity contribution in [1.29, 1.82) is 0 Å². The molecule has 0 aliphatic carbocycles. The first kappa shape index (κ1) is 43.2. The first-order chi connectivity index (χ1) is 21.5. The SMILES string of the molecule is CCCCCCCCC1=C(c2cc(CC)cc(CCCCC)c2)[N+](=[N-])C(c2cc(CC)cc(CCCCC)c2)=C1.[CH2-]C.[CH2-]C.[Pd+2]. The van der Waals surface area contributed by atoms with Gasteiger partial charge in [0, 0.05) is 22.8 Å². The molecular weight excluding hydrogens is 639 g/mol. The summed E-state index contributed by atoms with van der Waals surface area (Å²) in [5, 5.41) is 0. The molecule has 1 heterocycles. The van der Waals surface area contributed by atoms with Gasteiger partial charge < -0.3 is 19.4 Å². The normalized spacial score (nSPS) is 12.2. The maximum absolute atomic E-state index is 11.8. The molecule has 0 saturated carbocycles. The molecule has 2 aromatic carbocycles. The van der Waals surface area contributed by atoms with Crippen LogP contribution in [0, 0.1) is 13.8 Å². The molecule has 0 fully saturated rings. The Hall–Kier alpha value is -1.82. The molecule has 1 aliphatic heterocycles. The number of hydrogen-bond acceptors (Lipinski definition) is 0. The fourth-order valence-electron chi connectivity index (χ4n) is 6.02. The maximum Gasteiger partial charge on any atom is 2.00 e. The fraction of sp³-hybridized carbons (Fsp3) is 0.571. The summed E-state index contributed by atoms with van der Waals surface area (Å²) in [4.78, 5) is 0. The number of hydrogen-bond donors (Lipinski definition) is 0. The van der Waals surface area contributed by atoms with E-state index in [2.05, 4.69) is 90.9 Å². The largest absolute Gasteiger partial charge is 2.00 e. The van der Waals surface area contributed by atoms with Gasteiger partial charge in [-0.25, -0.2) is 4.70 Å². The quantitative estimate of drug-likeness (QED) is 0.0602. The Morgan fingerprint density at radius 1 is 0.511 bits per heavy atom. The van der Waals surface area contributed by atoms with E-state index in [9.17, 15) is 5.53 Å². The molecule has 3 heteroatoms. The van der Waals surface area contributed by atoms with Gasteiger partial charge in [-0.3, -0.25) is 0 Å². The average Bonchev–Trinajstić information content (AvgIpc) is 3.40. The summed E-state index contributed by atoms with van der Waals surface area (Å²) in [6.07, 6.45) is 22.7. The van der Waals surface area contributed by atoms with Crippen LogP contribution in [0.1, 0.15) is 165 Å². The van der Waals surface area contributed by atoms with Crippen molar-refractivity contribution in [1.82, 2.24) is 0 Å². The Morgan fingerprint density at radius 2 is 0.911 bits per heavy atom. The minimum atomic E-state index is 0. The topological polar surface area (TPSA) is 25.3 Å². The van der Waals surface area contributed by atoms with Crippen LogP contribution in [0.2, 0.25) is 0 Å². The molecular formula is C42H66N2Pd. The van der Waals surface area contributed by atoms with Gasteiger partial charge in [-0.05, 0) is 97.9 Å². The van der Waals surface area contributed by atoms with Crippen molar-refractivity contribution < 1.29 is 25.1 Å². The van der Waals surface area contributed by atoms with E-state index < -0.39 is 0 Å². The van der Waals surface area contributed by atoms with Crippen molar-refractivity contribution in [2.75, 3.05) is 0 Å². The number of rotatable bonds is 19. The van der Waals surface area contributed by atoms with Crippen molar-refractivity contribution in [3.05, 3.63) is 101 Å². The summed E-state index contributed by atoms with van der Waals surface area (Å²) in [7, 11) is 0. The van der Waals surface area contributed by atoms with Crippen molar-refractivity contribution >= 4 is 11.4 Å². The molecule has 2 aromatic rings. The summed E-state index contributed by atoms with van der Waals surface area (Å²) in [5.41, 5.74) is 22.9. The molecule has 2 nitrogen and oxygen atoms in total. The average molecular weight is 705 g/mol. The van der Waals surface area contributed by atoms with Gasteiger partial charge in [0.05, 0.1) is 0 Å². The van der Waals surface area contributed by atoms with Crippen LogP contribution in [0.25, 0.3) is 16.9 Å². The predicted octanol–water partition coefficient (Wildman–Crippen LogP) is 13.5. The minimum Gasteiger partial charge on any atom is -0.493 e. The molecule has 1 aliphatic rings. The molecule has 0 atom stereocenters. The second kappa shape index (κ2) is 26.3. The van der Waals surface area contributed by atoms with Crippen LogP contribution in [-0.2, 0) is 46.1 Å². The van der Waals surface area contributed by atoms with E-state index in [1.54, 1.807) is 13.8 Å². The molecule has 0 radical (unpaired) electrons. The summed E-state index contributed by atoms with van der Waals surface area (Å²) in [6.45, 7) is 21.3. The number of nitrogens with zero attached hydrogens (tertiary/aromatic N) is 2. The second-order valence-corrected chi connectivity index (χ2v) is 11.9. The third kappa shape index (κ3) is 14.7. The van der Waals surface area contributed by atoms with E-state index in [0.29, 0.717) is 0 Å². The smallest absolute Gasteiger partial charge is 0.493 e. The Kier molecular flexibility index (Phi) is 25.2. The van der Waals surface area contributed by atoms with Crippen LogP contribution in [0.15, 0.2) is 48.0 Å². The van der Waals surface area contributed by atoms with E-state index in [4.69, 9.17) is 0 Å². The first-order valence-corrected chi connectivity index (χ1v) is 18.2. The van der Waals surface area contributed by atoms with E-state index in [0.717, 1.165) is 49.1 Å². The molecule has 254 valence electrons. The van der Waals surface area contributed by atoms with Crippen molar-refractivity contribution in [2.45, 2.75) is 158 Å².